The van der Waals surface area contributed by atoms with Gasteiger partial charge in [0.25, 0.3) is 0 Å². The summed E-state index contributed by atoms with van der Waals surface area (Å²) in [5.41, 5.74) is 6.66. The quantitative estimate of drug-likeness (QED) is 0.693. The van der Waals surface area contributed by atoms with Crippen LogP contribution in [-0.4, -0.2) is 28.8 Å². The van der Waals surface area contributed by atoms with Crippen molar-refractivity contribution in [3.05, 3.63) is 69.7 Å². The van der Waals surface area contributed by atoms with Gasteiger partial charge in [-0.05, 0) is 56.6 Å². The Bertz CT molecular complexity index is 1090. The van der Waals surface area contributed by atoms with Crippen LogP contribution < -0.4 is 4.74 Å². The van der Waals surface area contributed by atoms with Crippen molar-refractivity contribution in [2.24, 2.45) is 0 Å². The molecular formula is C21H23BF2N2O. The van der Waals surface area contributed by atoms with E-state index < -0.39 is 6.97 Å². The second kappa shape index (κ2) is 5.68. The van der Waals surface area contributed by atoms with Crippen molar-refractivity contribution in [1.82, 2.24) is 4.48 Å². The molecule has 0 radical (unpaired) electrons. The Kier molecular flexibility index (Phi) is 3.74. The van der Waals surface area contributed by atoms with Gasteiger partial charge < -0.3 is 22.3 Å². The normalized spacial score (nSPS) is 17.9. The predicted molar refractivity (Wildman–Crippen MR) is 106 cm³/mol. The number of rotatable bonds is 2. The van der Waals surface area contributed by atoms with Gasteiger partial charge in [0, 0.05) is 29.8 Å². The highest BCUT2D eigenvalue weighted by Crippen LogP contribution is 2.46. The predicted octanol–water partition coefficient (Wildman–Crippen LogP) is 4.85. The van der Waals surface area contributed by atoms with Gasteiger partial charge in [-0.2, -0.15) is 0 Å². The number of hydrogen-bond donors (Lipinski definition) is 0. The molecule has 0 spiro atoms. The third-order valence-corrected chi connectivity index (χ3v) is 5.56. The number of methoxy groups -OCH3 is 1. The van der Waals surface area contributed by atoms with Crippen molar-refractivity contribution < 1.29 is 17.9 Å². The molecule has 3 nitrogen and oxygen atoms in total. The van der Waals surface area contributed by atoms with E-state index >= 15 is 8.63 Å². The van der Waals surface area contributed by atoms with E-state index in [0.29, 0.717) is 28.5 Å². The molecule has 140 valence electrons. The van der Waals surface area contributed by atoms with E-state index in [1.807, 2.05) is 51.1 Å². The standard InChI is InChI=1S/C21H23BF2N2O/c1-12-7-8-17(18(9-12)27-6)19-20-13(2)10-15(4)25(20)22(23,24)26-16(5)11-14(3)21(19)26/h7-11H,1-6H3. The van der Waals surface area contributed by atoms with Crippen LogP contribution in [0, 0.1) is 20.8 Å². The first-order valence-electron chi connectivity index (χ1n) is 9.10. The van der Waals surface area contributed by atoms with Gasteiger partial charge in [0.15, 0.2) is 5.70 Å². The maximum atomic E-state index is 15.6. The number of benzene rings is 1. The van der Waals surface area contributed by atoms with E-state index in [1.165, 1.54) is 8.96 Å². The summed E-state index contributed by atoms with van der Waals surface area (Å²) in [5.74, 6) is 0.692. The Hall–Kier alpha value is -2.63. The maximum Gasteiger partial charge on any atom is 0.737 e. The highest BCUT2D eigenvalue weighted by molar-refractivity contribution is 6.58. The van der Waals surface area contributed by atoms with Gasteiger partial charge >= 0.3 is 6.97 Å². The first-order chi connectivity index (χ1) is 12.7. The van der Waals surface area contributed by atoms with Crippen LogP contribution >= 0.6 is 0 Å². The number of hydrogen-bond acceptors (Lipinski definition) is 1. The molecule has 1 aromatic heterocycles. The van der Waals surface area contributed by atoms with Gasteiger partial charge in [0.05, 0.1) is 12.7 Å². The SMILES string of the molecule is COc1cc(C)ccc1C1=C2C(C)=CC(C)=[N+]2[B-](F)(F)n2c(C)cc(C)c21. The first-order valence-corrected chi connectivity index (χ1v) is 9.10. The lowest BCUT2D eigenvalue weighted by atomic mass is 9.83. The summed E-state index contributed by atoms with van der Waals surface area (Å²) >= 11 is 0. The van der Waals surface area contributed by atoms with Gasteiger partial charge in [-0.15, -0.1) is 0 Å². The van der Waals surface area contributed by atoms with E-state index in [9.17, 15) is 0 Å². The fourth-order valence-electron chi connectivity index (χ4n) is 4.56. The number of ether oxygens (including phenoxy) is 1. The van der Waals surface area contributed by atoms with Crippen LogP contribution in [0.3, 0.4) is 0 Å². The molecule has 2 aromatic rings. The Morgan fingerprint density at radius 3 is 2.41 bits per heavy atom. The van der Waals surface area contributed by atoms with Crippen molar-refractivity contribution in [2.45, 2.75) is 34.6 Å². The van der Waals surface area contributed by atoms with Crippen LogP contribution in [0.4, 0.5) is 8.63 Å². The molecular weight excluding hydrogens is 345 g/mol. The monoisotopic (exact) mass is 368 g/mol. The summed E-state index contributed by atoms with van der Waals surface area (Å²) in [6, 6.07) is 7.75. The van der Waals surface area contributed by atoms with Crippen molar-refractivity contribution in [3.8, 4) is 5.75 Å². The Morgan fingerprint density at radius 1 is 1.04 bits per heavy atom. The third kappa shape index (κ3) is 2.28. The van der Waals surface area contributed by atoms with Crippen LogP contribution in [0.5, 0.6) is 5.75 Å². The van der Waals surface area contributed by atoms with E-state index in [1.54, 1.807) is 21.0 Å². The summed E-state index contributed by atoms with van der Waals surface area (Å²) < 4.78 is 39.3. The average Bonchev–Trinajstić information content (AvgIpc) is 3.06. The molecule has 0 unspecified atom stereocenters. The number of fused-ring (bicyclic) bond motifs is 2. The summed E-state index contributed by atoms with van der Waals surface area (Å²) in [5, 5.41) is 0. The topological polar surface area (TPSA) is 17.2 Å². The minimum Gasteiger partial charge on any atom is -0.496 e. The fraction of sp³-hybridized carbons (Fsp3) is 0.286. The van der Waals surface area contributed by atoms with Crippen molar-refractivity contribution >= 4 is 18.3 Å². The van der Waals surface area contributed by atoms with Gasteiger partial charge in [-0.3, -0.25) is 0 Å². The summed E-state index contributed by atoms with van der Waals surface area (Å²) in [7, 11) is 1.62. The third-order valence-electron chi connectivity index (χ3n) is 5.56. The number of allylic oxidation sites excluding steroid dienone is 2. The van der Waals surface area contributed by atoms with Crippen LogP contribution in [0.1, 0.15) is 41.9 Å². The molecule has 0 N–H and O–H groups in total. The molecule has 0 saturated carbocycles. The first kappa shape index (κ1) is 17.8. The van der Waals surface area contributed by atoms with Crippen LogP contribution in [0.2, 0.25) is 0 Å². The lowest BCUT2D eigenvalue weighted by Gasteiger charge is -2.34. The maximum absolute atomic E-state index is 15.6. The molecule has 0 fully saturated rings. The number of aromatic nitrogens is 1. The van der Waals surface area contributed by atoms with E-state index in [-0.39, 0.29) is 0 Å². The van der Waals surface area contributed by atoms with Crippen molar-refractivity contribution in [1.29, 1.82) is 0 Å². The van der Waals surface area contributed by atoms with E-state index in [4.69, 9.17) is 4.74 Å². The van der Waals surface area contributed by atoms with Crippen LogP contribution in [0.15, 0.2) is 41.6 Å². The lowest BCUT2D eigenvalue weighted by Crippen LogP contribution is -2.51. The molecule has 1 aromatic carbocycles. The average molecular weight is 368 g/mol. The van der Waals surface area contributed by atoms with Gasteiger partial charge in [0.2, 0.25) is 0 Å². The molecule has 3 heterocycles. The molecule has 0 amide bonds. The zero-order chi connectivity index (χ0) is 19.7. The largest absolute Gasteiger partial charge is 0.737 e. The molecule has 2 aliphatic heterocycles. The van der Waals surface area contributed by atoms with Crippen molar-refractivity contribution in [3.63, 3.8) is 0 Å². The molecule has 2 aliphatic rings. The summed E-state index contributed by atoms with van der Waals surface area (Å²) in [6.45, 7) is 5.31. The van der Waals surface area contributed by atoms with Gasteiger partial charge in [-0.25, -0.2) is 0 Å². The van der Waals surface area contributed by atoms with E-state index in [2.05, 4.69) is 0 Å². The zero-order valence-corrected chi connectivity index (χ0v) is 16.5. The smallest absolute Gasteiger partial charge is 0.496 e. The zero-order valence-electron chi connectivity index (χ0n) is 16.5. The van der Waals surface area contributed by atoms with Crippen LogP contribution in [0.25, 0.3) is 5.57 Å². The molecule has 4 rings (SSSR count). The molecule has 27 heavy (non-hydrogen) atoms. The molecule has 0 atom stereocenters. The highest BCUT2D eigenvalue weighted by atomic mass is 19.2. The summed E-state index contributed by atoms with van der Waals surface area (Å²) in [4.78, 5) is 0. The molecule has 0 bridgehead atoms. The Labute approximate surface area is 158 Å². The fourth-order valence-corrected chi connectivity index (χ4v) is 4.56. The minimum atomic E-state index is -3.95. The molecule has 0 aliphatic carbocycles. The second-order valence-electron chi connectivity index (χ2n) is 7.54. The summed E-state index contributed by atoms with van der Waals surface area (Å²) in [6.07, 6.45) is 1.84. The molecule has 6 heteroatoms. The Morgan fingerprint density at radius 2 is 1.74 bits per heavy atom. The number of halogens is 2. The van der Waals surface area contributed by atoms with Gasteiger partial charge in [0.1, 0.15) is 11.5 Å². The van der Waals surface area contributed by atoms with Crippen LogP contribution in [-0.2, 0) is 0 Å². The molecule has 0 saturated heterocycles. The Balaban J connectivity index is 2.19. The van der Waals surface area contributed by atoms with Gasteiger partial charge in [-0.1, -0.05) is 12.1 Å². The minimum absolute atomic E-state index is 0.562. The van der Waals surface area contributed by atoms with Crippen molar-refractivity contribution in [2.75, 3.05) is 7.11 Å². The van der Waals surface area contributed by atoms with E-state index in [0.717, 1.165) is 27.8 Å². The lowest BCUT2D eigenvalue weighted by molar-refractivity contribution is -0.363. The number of nitrogens with zero attached hydrogens (tertiary/aromatic N) is 2. The second-order valence-corrected chi connectivity index (χ2v) is 7.54. The number of aryl methyl sites for hydroxylation is 3. The highest BCUT2D eigenvalue weighted by Gasteiger charge is 2.55.